The molecule has 7 nitrogen and oxygen atoms in total. The van der Waals surface area contributed by atoms with Crippen LogP contribution in [0.2, 0.25) is 5.02 Å². The largest absolute Gasteiger partial charge is 0.454 e. The van der Waals surface area contributed by atoms with Crippen molar-refractivity contribution < 1.29 is 23.8 Å². The first kappa shape index (κ1) is 19.5. The monoisotopic (exact) mass is 422 g/mol. The number of carbonyl (C=O) groups excluding carboxylic acids is 2. The molecule has 0 bridgehead atoms. The lowest BCUT2D eigenvalue weighted by Gasteiger charge is -2.05. The van der Waals surface area contributed by atoms with Gasteiger partial charge in [0.25, 0.3) is 5.91 Å². The molecule has 1 aliphatic rings. The molecule has 0 aliphatic carbocycles. The van der Waals surface area contributed by atoms with Gasteiger partial charge < -0.3 is 14.2 Å². The summed E-state index contributed by atoms with van der Waals surface area (Å²) in [6.07, 6.45) is 1.48. The summed E-state index contributed by atoms with van der Waals surface area (Å²) >= 11 is 5.88. The molecule has 3 aromatic rings. The zero-order valence-electron chi connectivity index (χ0n) is 15.5. The highest BCUT2D eigenvalue weighted by Gasteiger charge is 2.15. The smallest absolute Gasteiger partial charge is 0.343 e. The summed E-state index contributed by atoms with van der Waals surface area (Å²) in [5.41, 5.74) is 3.92. The van der Waals surface area contributed by atoms with Crippen molar-refractivity contribution in [1.29, 1.82) is 0 Å². The van der Waals surface area contributed by atoms with Crippen LogP contribution in [0.4, 0.5) is 0 Å². The summed E-state index contributed by atoms with van der Waals surface area (Å²) in [5.74, 6) is 0.619. The molecule has 1 N–H and O–H groups in total. The highest BCUT2D eigenvalue weighted by molar-refractivity contribution is 6.30. The number of rotatable bonds is 5. The van der Waals surface area contributed by atoms with Crippen LogP contribution in [-0.2, 0) is 0 Å². The molecule has 150 valence electrons. The third-order valence-electron chi connectivity index (χ3n) is 4.17. The number of hydrazone groups is 1. The third-order valence-corrected chi connectivity index (χ3v) is 4.40. The van der Waals surface area contributed by atoms with Crippen LogP contribution in [0.15, 0.2) is 71.8 Å². The second-order valence-electron chi connectivity index (χ2n) is 6.24. The zero-order chi connectivity index (χ0) is 20.9. The van der Waals surface area contributed by atoms with Crippen molar-refractivity contribution in [1.82, 2.24) is 5.43 Å². The minimum absolute atomic E-state index is 0.142. The number of carbonyl (C=O) groups is 2. The van der Waals surface area contributed by atoms with Gasteiger partial charge in [0.2, 0.25) is 6.79 Å². The van der Waals surface area contributed by atoms with Gasteiger partial charge in [0, 0.05) is 10.6 Å². The minimum Gasteiger partial charge on any atom is -0.454 e. The van der Waals surface area contributed by atoms with E-state index in [-0.39, 0.29) is 12.7 Å². The minimum atomic E-state index is -0.505. The molecule has 0 saturated carbocycles. The number of nitrogens with zero attached hydrogens (tertiary/aromatic N) is 1. The number of fused-ring (bicyclic) bond motifs is 1. The molecule has 0 radical (unpaired) electrons. The first-order valence-electron chi connectivity index (χ1n) is 8.89. The van der Waals surface area contributed by atoms with Crippen LogP contribution in [0.1, 0.15) is 26.3 Å². The van der Waals surface area contributed by atoms with E-state index in [1.165, 1.54) is 12.3 Å². The Morgan fingerprint density at radius 1 is 0.967 bits per heavy atom. The van der Waals surface area contributed by atoms with Crippen LogP contribution < -0.4 is 19.6 Å². The first-order valence-corrected chi connectivity index (χ1v) is 9.27. The molecule has 8 heteroatoms. The predicted molar refractivity (Wildman–Crippen MR) is 110 cm³/mol. The van der Waals surface area contributed by atoms with Crippen LogP contribution in [-0.4, -0.2) is 24.9 Å². The maximum atomic E-state index is 12.2. The molecular formula is C22H15ClN2O5. The predicted octanol–water partition coefficient (Wildman–Crippen LogP) is 4.05. The van der Waals surface area contributed by atoms with E-state index in [2.05, 4.69) is 10.5 Å². The standard InChI is InChI=1S/C22H15ClN2O5/c23-17-3-1-2-16(10-17)22(27)30-18-7-4-14(5-8-18)12-24-25-21(26)15-6-9-19-20(11-15)29-13-28-19/h1-12H,13H2,(H,25,26)/b24-12-. The van der Waals surface area contributed by atoms with Crippen LogP contribution in [0.25, 0.3) is 0 Å². The summed E-state index contributed by atoms with van der Waals surface area (Å²) in [4.78, 5) is 24.3. The van der Waals surface area contributed by atoms with Gasteiger partial charge in [-0.3, -0.25) is 4.79 Å². The number of benzene rings is 3. The third kappa shape index (κ3) is 4.59. The van der Waals surface area contributed by atoms with Gasteiger partial charge in [-0.15, -0.1) is 0 Å². The molecule has 1 aliphatic heterocycles. The Morgan fingerprint density at radius 3 is 2.57 bits per heavy atom. The van der Waals surface area contributed by atoms with Crippen molar-refractivity contribution in [3.63, 3.8) is 0 Å². The van der Waals surface area contributed by atoms with Crippen molar-refractivity contribution in [2.75, 3.05) is 6.79 Å². The van der Waals surface area contributed by atoms with Crippen molar-refractivity contribution in [2.24, 2.45) is 5.10 Å². The van der Waals surface area contributed by atoms with Gasteiger partial charge >= 0.3 is 5.97 Å². The second-order valence-corrected chi connectivity index (χ2v) is 6.67. The Balaban J connectivity index is 1.33. The maximum absolute atomic E-state index is 12.2. The molecule has 30 heavy (non-hydrogen) atoms. The van der Waals surface area contributed by atoms with Crippen LogP contribution in [0, 0.1) is 0 Å². The first-order chi connectivity index (χ1) is 14.6. The van der Waals surface area contributed by atoms with E-state index in [0.717, 1.165) is 0 Å². The number of esters is 1. The summed E-state index contributed by atoms with van der Waals surface area (Å²) < 4.78 is 15.8. The average Bonchev–Trinajstić information content (AvgIpc) is 3.23. The summed E-state index contributed by atoms with van der Waals surface area (Å²) in [6, 6.07) is 18.1. The zero-order valence-corrected chi connectivity index (χ0v) is 16.3. The highest BCUT2D eigenvalue weighted by Crippen LogP contribution is 2.32. The van der Waals surface area contributed by atoms with E-state index in [1.807, 2.05) is 0 Å². The number of nitrogens with one attached hydrogen (secondary N) is 1. The van der Waals surface area contributed by atoms with E-state index >= 15 is 0 Å². The highest BCUT2D eigenvalue weighted by atomic mass is 35.5. The van der Waals surface area contributed by atoms with Gasteiger partial charge in [-0.25, -0.2) is 10.2 Å². The van der Waals surface area contributed by atoms with E-state index in [4.69, 9.17) is 25.8 Å². The fourth-order valence-corrected chi connectivity index (χ4v) is 2.86. The van der Waals surface area contributed by atoms with Crippen molar-refractivity contribution >= 4 is 29.7 Å². The van der Waals surface area contributed by atoms with Crippen LogP contribution in [0.3, 0.4) is 0 Å². The quantitative estimate of drug-likeness (QED) is 0.290. The fourth-order valence-electron chi connectivity index (χ4n) is 2.67. The normalized spacial score (nSPS) is 12.0. The maximum Gasteiger partial charge on any atom is 0.343 e. The van der Waals surface area contributed by atoms with Gasteiger partial charge in [-0.2, -0.15) is 5.10 Å². The molecule has 0 fully saturated rings. The van der Waals surface area contributed by atoms with Crippen molar-refractivity contribution in [3.8, 4) is 17.2 Å². The fraction of sp³-hybridized carbons (Fsp3) is 0.0455. The number of hydrogen-bond acceptors (Lipinski definition) is 6. The average molecular weight is 423 g/mol. The van der Waals surface area contributed by atoms with E-state index in [1.54, 1.807) is 60.7 Å². The Kier molecular flexibility index (Phi) is 5.63. The van der Waals surface area contributed by atoms with Crippen LogP contribution in [0.5, 0.6) is 17.2 Å². The molecular weight excluding hydrogens is 408 g/mol. The van der Waals surface area contributed by atoms with E-state index in [9.17, 15) is 9.59 Å². The van der Waals surface area contributed by atoms with Gasteiger partial charge in [0.05, 0.1) is 11.8 Å². The van der Waals surface area contributed by atoms with Gasteiger partial charge in [-0.1, -0.05) is 17.7 Å². The molecule has 0 saturated heterocycles. The Labute approximate surface area is 176 Å². The molecule has 4 rings (SSSR count). The second kappa shape index (κ2) is 8.67. The summed E-state index contributed by atoms with van der Waals surface area (Å²) in [7, 11) is 0. The lowest BCUT2D eigenvalue weighted by Crippen LogP contribution is -2.17. The Morgan fingerprint density at radius 2 is 1.77 bits per heavy atom. The topological polar surface area (TPSA) is 86.2 Å². The Bertz CT molecular complexity index is 1130. The number of hydrogen-bond donors (Lipinski definition) is 1. The molecule has 0 atom stereocenters. The van der Waals surface area contributed by atoms with E-state index in [0.29, 0.717) is 39.0 Å². The Hall–Kier alpha value is -3.84. The molecule has 0 unspecified atom stereocenters. The number of ether oxygens (including phenoxy) is 3. The van der Waals surface area contributed by atoms with Gasteiger partial charge in [0.1, 0.15) is 5.75 Å². The SMILES string of the molecule is O=C(N/N=C\c1ccc(OC(=O)c2cccc(Cl)c2)cc1)c1ccc2c(c1)OCO2. The molecule has 1 heterocycles. The molecule has 1 amide bonds. The van der Waals surface area contributed by atoms with Crippen LogP contribution >= 0.6 is 11.6 Å². The lowest BCUT2D eigenvalue weighted by molar-refractivity contribution is 0.0734. The summed E-state index contributed by atoms with van der Waals surface area (Å²) in [6.45, 7) is 0.142. The molecule has 0 spiro atoms. The van der Waals surface area contributed by atoms with Crippen molar-refractivity contribution in [3.05, 3.63) is 88.4 Å². The van der Waals surface area contributed by atoms with E-state index < -0.39 is 5.97 Å². The van der Waals surface area contributed by atoms with Crippen molar-refractivity contribution in [2.45, 2.75) is 0 Å². The number of amides is 1. The molecule has 3 aromatic carbocycles. The summed E-state index contributed by atoms with van der Waals surface area (Å²) in [5, 5.41) is 4.40. The molecule has 0 aromatic heterocycles. The van der Waals surface area contributed by atoms with Gasteiger partial charge in [-0.05, 0) is 66.2 Å². The van der Waals surface area contributed by atoms with Gasteiger partial charge in [0.15, 0.2) is 11.5 Å². The lowest BCUT2D eigenvalue weighted by atomic mass is 10.2. The number of halogens is 1.